The minimum Gasteiger partial charge on any atom is -0.0622 e. The number of hydrogen-bond donors (Lipinski definition) is 0. The quantitative estimate of drug-likeness (QED) is 0.120. The Hall–Kier alpha value is -17.2. The summed E-state index contributed by atoms with van der Waals surface area (Å²) in [6.45, 7) is 25.5. The van der Waals surface area contributed by atoms with E-state index >= 15 is 0 Å². The molecule has 0 spiro atoms. The van der Waals surface area contributed by atoms with Crippen LogP contribution in [0.5, 0.6) is 0 Å². The zero-order chi connectivity index (χ0) is 99.5. The minimum atomic E-state index is -0.0813. The van der Waals surface area contributed by atoms with Crippen LogP contribution >= 0.6 is 0 Å². The number of fused-ring (bicyclic) bond motifs is 18. The summed E-state index contributed by atoms with van der Waals surface area (Å²) in [5.41, 5.74) is 45.8. The number of hydrogen-bond acceptors (Lipinski definition) is 0. The third kappa shape index (κ3) is 14.8. The van der Waals surface area contributed by atoms with Gasteiger partial charge in [-0.15, -0.1) is 0 Å². The summed E-state index contributed by atoms with van der Waals surface area (Å²) < 4.78 is 0. The van der Waals surface area contributed by atoms with Gasteiger partial charge in [-0.2, -0.15) is 0 Å². The molecule has 0 aliphatic heterocycles. The van der Waals surface area contributed by atoms with Crippen molar-refractivity contribution in [3.8, 4) is 145 Å². The average Bonchev–Trinajstić information content (AvgIpc) is 1.64. The maximum absolute atomic E-state index is 2.47. The first-order chi connectivity index (χ1) is 71.7. The first-order valence-electron chi connectivity index (χ1n) is 52.2. The minimum absolute atomic E-state index is 0.0688. The van der Waals surface area contributed by atoms with Gasteiger partial charge in [0.2, 0.25) is 0 Å². The molecule has 147 heavy (non-hydrogen) atoms. The molecule has 28 rings (SSSR count). The van der Waals surface area contributed by atoms with Crippen LogP contribution in [0.1, 0.15) is 112 Å². The van der Waals surface area contributed by atoms with Crippen molar-refractivity contribution in [2.75, 3.05) is 0 Å². The number of aryl methyl sites for hydroxylation is 2. The fraction of sp³-hybridized carbons (Fsp3) is 0.102. The lowest BCUT2D eigenvalue weighted by Gasteiger charge is -2.23. The number of benzene rings is 25. The molecular weight excluding hydrogens is 1770 g/mol. The first-order valence-corrected chi connectivity index (χ1v) is 52.2. The van der Waals surface area contributed by atoms with E-state index in [0.29, 0.717) is 0 Å². The van der Waals surface area contributed by atoms with Crippen LogP contribution in [0.3, 0.4) is 0 Å². The van der Waals surface area contributed by atoms with Crippen molar-refractivity contribution < 1.29 is 0 Å². The van der Waals surface area contributed by atoms with E-state index in [0.717, 1.165) is 0 Å². The SMILES string of the molecule is CC(C)(C)c1ccc(-c2c3ccccc3c(-c3cccc4c3-c3ccccc3C4(C)C)c3cc(-c4cccc5ccccc45)ccc23)cc1.CC1(C)c2ccccc2-c2c(-c3c4ccccc4c(-c4ccc(-c5ccccc5)cc4)c4ccc(-c5cccc6ccccc56)cc34)cccc21.Cc1cc(C)cc(-c2c3ccccc3c(-c3cccc4c3-c3ccccc3C4(C)C)c3cc(-c4cccc5ccccc45)ccc23)c1. The molecule has 3 aliphatic carbocycles. The average molecular weight is 1880 g/mol. The molecule has 0 heteroatoms. The van der Waals surface area contributed by atoms with Crippen LogP contribution < -0.4 is 0 Å². The fourth-order valence-electron chi connectivity index (χ4n) is 25.9. The van der Waals surface area contributed by atoms with E-state index in [4.69, 9.17) is 0 Å². The van der Waals surface area contributed by atoms with Gasteiger partial charge in [-0.1, -0.05) is 534 Å². The van der Waals surface area contributed by atoms with Gasteiger partial charge in [0.25, 0.3) is 0 Å². The third-order valence-corrected chi connectivity index (χ3v) is 32.8. The topological polar surface area (TPSA) is 0 Å². The lowest BCUT2D eigenvalue weighted by molar-refractivity contribution is 0.590. The van der Waals surface area contributed by atoms with Gasteiger partial charge in [-0.3, -0.25) is 0 Å². The Labute approximate surface area is 862 Å². The van der Waals surface area contributed by atoms with Crippen molar-refractivity contribution in [2.45, 2.75) is 97.8 Å². The van der Waals surface area contributed by atoms with Gasteiger partial charge in [-0.25, -0.2) is 0 Å². The summed E-state index contributed by atoms with van der Waals surface area (Å²) >= 11 is 0. The molecule has 25 aromatic carbocycles. The molecule has 0 heterocycles. The summed E-state index contributed by atoms with van der Waals surface area (Å²) in [7, 11) is 0. The Morgan fingerprint density at radius 1 is 0.143 bits per heavy atom. The Kier molecular flexibility index (Phi) is 21.5. The summed E-state index contributed by atoms with van der Waals surface area (Å²) in [6.07, 6.45) is 0. The lowest BCUT2D eigenvalue weighted by Crippen LogP contribution is -2.14. The van der Waals surface area contributed by atoms with E-state index in [1.165, 1.54) is 292 Å². The van der Waals surface area contributed by atoms with Gasteiger partial charge in [0, 0.05) is 16.2 Å². The normalized spacial score (nSPS) is 13.3. The monoisotopic (exact) mass is 1880 g/mol. The Morgan fingerprint density at radius 2 is 0.374 bits per heavy atom. The summed E-state index contributed by atoms with van der Waals surface area (Å²) in [5, 5.41) is 23.0. The van der Waals surface area contributed by atoms with Crippen molar-refractivity contribution >= 4 is 97.0 Å². The molecule has 0 N–H and O–H groups in total. The van der Waals surface area contributed by atoms with Crippen LogP contribution in [0.15, 0.2) is 479 Å². The fourth-order valence-corrected chi connectivity index (χ4v) is 25.9. The van der Waals surface area contributed by atoms with Crippen LogP contribution in [-0.2, 0) is 21.7 Å². The number of rotatable bonds is 10. The molecule has 0 aromatic heterocycles. The first kappa shape index (κ1) is 89.9. The Balaban J connectivity index is 0.000000112. The van der Waals surface area contributed by atoms with Gasteiger partial charge in [-0.05, 0) is 318 Å². The molecule has 0 atom stereocenters. The summed E-state index contributed by atoms with van der Waals surface area (Å²) in [6, 6.07) is 179. The second-order valence-corrected chi connectivity index (χ2v) is 43.6. The highest BCUT2D eigenvalue weighted by Crippen LogP contribution is 2.61. The smallest absolute Gasteiger partial charge is 0.0159 e. The molecule has 0 saturated carbocycles. The molecule has 700 valence electrons. The summed E-state index contributed by atoms with van der Waals surface area (Å²) in [4.78, 5) is 0. The van der Waals surface area contributed by atoms with Crippen LogP contribution in [0.2, 0.25) is 0 Å². The van der Waals surface area contributed by atoms with Gasteiger partial charge in [0.05, 0.1) is 0 Å². The Morgan fingerprint density at radius 3 is 0.714 bits per heavy atom. The highest BCUT2D eigenvalue weighted by atomic mass is 14.4. The van der Waals surface area contributed by atoms with E-state index in [1.54, 1.807) is 0 Å². The largest absolute Gasteiger partial charge is 0.0622 e. The highest BCUT2D eigenvalue weighted by Gasteiger charge is 2.41. The van der Waals surface area contributed by atoms with Crippen molar-refractivity contribution in [3.05, 3.63) is 529 Å². The standard InChI is InChI=1S/C51H36.C49H40.C47H36/c1-51(2)46-24-11-10-21-43(46)50-44(23-13-25-47(50)51)49-41-20-9-8-19-40(41)48(36-28-26-34(27-29-36)33-14-4-3-5-15-33)42-31-30-37(32-45(42)49)39-22-12-17-35-16-6-7-18-38(35)39;1-48(2,3)34-27-24-32(25-28-34)45-37-17-8-9-18-38(37)46(41-21-13-23-44-47(41)40-19-10-11-22-43(40)49(44,4)5)42-30-33(26-29-39(42)45)36-20-12-15-31-14-6-7-16-35(31)36;1-29-25-30(2)27-33(26-29)44-36-16-7-8-17-37(36)45(40-20-12-22-43-46(40)39-18-9-10-21-42(39)47(43,3)4)41-28-32(23-24-38(41)44)35-19-11-14-31-13-5-6-15-34(31)35/h3-32H,1-2H3;6-30H,1-5H3;5-28H,1-4H3. The maximum atomic E-state index is 2.47. The second-order valence-electron chi connectivity index (χ2n) is 43.6. The third-order valence-electron chi connectivity index (χ3n) is 32.8. The van der Waals surface area contributed by atoms with Crippen molar-refractivity contribution in [2.24, 2.45) is 0 Å². The molecule has 3 aliphatic rings. The molecule has 0 fully saturated rings. The second kappa shape index (κ2) is 35.1. The van der Waals surface area contributed by atoms with E-state index in [-0.39, 0.29) is 21.7 Å². The highest BCUT2D eigenvalue weighted by molar-refractivity contribution is 6.28. The lowest BCUT2D eigenvalue weighted by atomic mass is 9.80. The molecular formula is C147H112. The predicted octanol–water partition coefficient (Wildman–Crippen LogP) is 40.9. The molecule has 0 radical (unpaired) electrons. The molecule has 0 saturated heterocycles. The van der Waals surface area contributed by atoms with Gasteiger partial charge in [0.15, 0.2) is 0 Å². The van der Waals surface area contributed by atoms with Crippen LogP contribution in [0, 0.1) is 13.8 Å². The van der Waals surface area contributed by atoms with E-state index in [9.17, 15) is 0 Å². The van der Waals surface area contributed by atoms with E-state index in [1.807, 2.05) is 0 Å². The Bertz CT molecular complexity index is 9690. The molecule has 0 unspecified atom stereocenters. The van der Waals surface area contributed by atoms with Crippen LogP contribution in [-0.4, -0.2) is 0 Å². The van der Waals surface area contributed by atoms with E-state index in [2.05, 4.69) is 555 Å². The van der Waals surface area contributed by atoms with Crippen LogP contribution in [0.25, 0.3) is 242 Å². The van der Waals surface area contributed by atoms with Gasteiger partial charge < -0.3 is 0 Å². The van der Waals surface area contributed by atoms with Gasteiger partial charge >= 0.3 is 0 Å². The molecule has 0 nitrogen and oxygen atoms in total. The molecule has 0 amide bonds. The van der Waals surface area contributed by atoms with Gasteiger partial charge in [0.1, 0.15) is 0 Å². The zero-order valence-electron chi connectivity index (χ0n) is 85.1. The zero-order valence-corrected chi connectivity index (χ0v) is 85.1. The van der Waals surface area contributed by atoms with Crippen molar-refractivity contribution in [1.82, 2.24) is 0 Å². The summed E-state index contributed by atoms with van der Waals surface area (Å²) in [5.74, 6) is 0. The van der Waals surface area contributed by atoms with Crippen molar-refractivity contribution in [3.63, 3.8) is 0 Å². The maximum Gasteiger partial charge on any atom is 0.0159 e. The van der Waals surface area contributed by atoms with Crippen LogP contribution in [0.4, 0.5) is 0 Å². The molecule has 25 aromatic rings. The molecule has 0 bridgehead atoms. The van der Waals surface area contributed by atoms with E-state index < -0.39 is 0 Å². The van der Waals surface area contributed by atoms with Crippen molar-refractivity contribution in [1.29, 1.82) is 0 Å². The predicted molar refractivity (Wildman–Crippen MR) is 632 cm³/mol.